The van der Waals surface area contributed by atoms with Crippen molar-refractivity contribution in [1.82, 2.24) is 8.80 Å². The van der Waals surface area contributed by atoms with E-state index in [0.717, 1.165) is 11.1 Å². The molecule has 0 bridgehead atoms. The Hall–Kier alpha value is -7.82. The second-order valence-electron chi connectivity index (χ2n) is 16.3. The van der Waals surface area contributed by atoms with Gasteiger partial charge in [-0.25, -0.2) is 0 Å². The summed E-state index contributed by atoms with van der Waals surface area (Å²) >= 11 is 0. The van der Waals surface area contributed by atoms with E-state index in [0.29, 0.717) is 0 Å². The van der Waals surface area contributed by atoms with Crippen LogP contribution in [0.1, 0.15) is 83.6 Å². The van der Waals surface area contributed by atoms with Crippen molar-refractivity contribution in [3.63, 3.8) is 0 Å². The van der Waals surface area contributed by atoms with E-state index in [1.54, 1.807) is 48.5 Å². The van der Waals surface area contributed by atoms with Gasteiger partial charge < -0.3 is 18.6 Å². The van der Waals surface area contributed by atoms with E-state index in [-0.39, 0.29) is 111 Å². The zero-order valence-electron chi connectivity index (χ0n) is 58.6. The van der Waals surface area contributed by atoms with Crippen molar-refractivity contribution in [3.8, 4) is 0 Å². The van der Waals surface area contributed by atoms with Crippen molar-refractivity contribution in [2.24, 2.45) is 0 Å². The number of hydrogen-bond donors (Lipinski definition) is 0. The predicted molar refractivity (Wildman–Crippen MR) is 273 cm³/mol. The van der Waals surface area contributed by atoms with Gasteiger partial charge in [-0.1, -0.05) is 137 Å². The molecule has 13 rings (SSSR count). The van der Waals surface area contributed by atoms with Crippen LogP contribution < -0.4 is 9.80 Å². The van der Waals surface area contributed by atoms with Gasteiger partial charge in [-0.15, -0.1) is 0 Å². The van der Waals surface area contributed by atoms with E-state index in [1.165, 1.54) is 18.6 Å². The zero-order chi connectivity index (χ0) is 63.7. The van der Waals surface area contributed by atoms with Gasteiger partial charge in [0.2, 0.25) is 0 Å². The molecule has 0 amide bonds. The van der Waals surface area contributed by atoms with E-state index >= 15 is 0 Å². The van der Waals surface area contributed by atoms with Crippen LogP contribution in [0.25, 0.3) is 76.2 Å². The Morgan fingerprint density at radius 3 is 1.12 bits per heavy atom. The third-order valence-corrected chi connectivity index (χ3v) is 12.2. The standard InChI is InChI=1S/C60H46N4/c1-37(2)39-27-31-43(32-28-39)61(41-15-7-5-8-16-41)51-23-13-25-53-57(51)47-21-11-19-45-49-36-56-50(35-55(49)63(53)59(45)47)46-20-12-22-48-58-52(24-14-26-54(58)64(56)60(46)48)62(42-17-9-6-10-18-42)44-33-29-40(30-34-44)38(3)4/h5-38H,1-4H3/i5D,6D,7D,8D,9D,10D,11D,12D,13D,14D,15D,16D,17D,18D,19D,20D,21D,22D,23D,24D,25D,26D,35D,36D. The summed E-state index contributed by atoms with van der Waals surface area (Å²) in [7, 11) is 0. The van der Waals surface area contributed by atoms with Gasteiger partial charge in [-0.3, -0.25) is 0 Å². The van der Waals surface area contributed by atoms with Crippen molar-refractivity contribution in [2.45, 2.75) is 39.5 Å². The molecule has 4 nitrogen and oxygen atoms in total. The summed E-state index contributed by atoms with van der Waals surface area (Å²) < 4.78 is 228. The molecule has 0 radical (unpaired) electrons. The first-order valence-electron chi connectivity index (χ1n) is 32.7. The van der Waals surface area contributed by atoms with Crippen LogP contribution in [-0.2, 0) is 0 Å². The molecule has 0 N–H and O–H groups in total. The maximum Gasteiger partial charge on any atom is 0.0653 e. The number of benzene rings is 9. The van der Waals surface area contributed by atoms with Crippen LogP contribution in [-0.4, -0.2) is 8.80 Å². The molecule has 0 spiro atoms. The molecular formula is C60H46N4. The normalized spacial score (nSPS) is 17.6. The minimum atomic E-state index is -0.773. The first kappa shape index (κ1) is 20.1. The number of aromatic nitrogens is 2. The molecule has 0 aliphatic rings. The lowest BCUT2D eigenvalue weighted by Gasteiger charge is -2.27. The van der Waals surface area contributed by atoms with Crippen molar-refractivity contribution in [2.75, 3.05) is 9.80 Å². The summed E-state index contributed by atoms with van der Waals surface area (Å²) in [6.45, 7) is 7.76. The summed E-state index contributed by atoms with van der Waals surface area (Å²) in [5.41, 5.74) is -1.30. The fraction of sp³-hybridized carbons (Fsp3) is 0.100. The third kappa shape index (κ3) is 5.17. The number of fused-ring (bicyclic) bond motifs is 12. The van der Waals surface area contributed by atoms with Crippen LogP contribution in [0.2, 0.25) is 0 Å². The Balaban J connectivity index is 1.25. The van der Waals surface area contributed by atoms with Crippen molar-refractivity contribution in [3.05, 3.63) is 205 Å². The van der Waals surface area contributed by atoms with Crippen molar-refractivity contribution >= 4 is 110 Å². The van der Waals surface area contributed by atoms with E-state index < -0.39 is 156 Å². The largest absolute Gasteiger partial charge is 0.310 e. The van der Waals surface area contributed by atoms with Gasteiger partial charge in [0.15, 0.2) is 0 Å². The van der Waals surface area contributed by atoms with Crippen LogP contribution in [0.5, 0.6) is 0 Å². The van der Waals surface area contributed by atoms with Crippen molar-refractivity contribution < 1.29 is 32.9 Å². The fourth-order valence-corrected chi connectivity index (χ4v) is 9.20. The van der Waals surface area contributed by atoms with Crippen LogP contribution in [0.4, 0.5) is 34.1 Å². The maximum atomic E-state index is 10.5. The molecule has 64 heavy (non-hydrogen) atoms. The van der Waals surface area contributed by atoms with Gasteiger partial charge in [-0.2, -0.15) is 0 Å². The van der Waals surface area contributed by atoms with Crippen LogP contribution >= 0.6 is 0 Å². The molecule has 0 atom stereocenters. The van der Waals surface area contributed by atoms with E-state index in [1.807, 2.05) is 27.7 Å². The lowest BCUT2D eigenvalue weighted by Crippen LogP contribution is -2.10. The lowest BCUT2D eigenvalue weighted by atomic mass is 10.0. The maximum absolute atomic E-state index is 10.5. The van der Waals surface area contributed by atoms with Gasteiger partial charge in [0, 0.05) is 65.8 Å². The minimum Gasteiger partial charge on any atom is -0.310 e. The first-order chi connectivity index (χ1) is 41.4. The van der Waals surface area contributed by atoms with E-state index in [9.17, 15) is 24.7 Å². The SMILES string of the molecule is [2H]c1c([2H])c([2H])c(N(c2ccc(C(C)C)cc2)c2c([2H])c([2H])c([2H])c3c2c2c([2H])c([2H])c([2H])c4c5c([2H])c6c(c([2H])c5n3c24)c2c([2H])c([2H])c([2H])c3c4c(N(c5ccc(C(C)C)cc5)c5c([2H])c([2H])c([2H])c([2H])c5[2H])c([2H])c([2H])c([2H])c4n6c32)c([2H])c1[2H]. The number of rotatable bonds is 8. The molecule has 0 saturated carbocycles. The van der Waals surface area contributed by atoms with Crippen molar-refractivity contribution in [1.29, 1.82) is 0 Å². The average molecular weight is 847 g/mol. The topological polar surface area (TPSA) is 15.3 Å². The van der Waals surface area contributed by atoms with Gasteiger partial charge in [-0.05, 0) is 108 Å². The number of para-hydroxylation sites is 4. The molecule has 0 aliphatic carbocycles. The molecule has 0 aliphatic heterocycles. The number of anilines is 6. The number of nitrogens with zero attached hydrogens (tertiary/aromatic N) is 4. The highest BCUT2D eigenvalue weighted by molar-refractivity contribution is 6.31. The molecule has 0 unspecified atom stereocenters. The fourth-order valence-electron chi connectivity index (χ4n) is 9.20. The third-order valence-electron chi connectivity index (χ3n) is 12.2. The Kier molecular flexibility index (Phi) is 4.35. The van der Waals surface area contributed by atoms with E-state index in [4.69, 9.17) is 8.22 Å². The monoisotopic (exact) mass is 847 g/mol. The average Bonchev–Trinajstić information content (AvgIpc) is 1.49. The summed E-state index contributed by atoms with van der Waals surface area (Å²) in [6, 6.07) is -3.65. The zero-order valence-corrected chi connectivity index (χ0v) is 34.6. The highest BCUT2D eigenvalue weighted by Crippen LogP contribution is 2.50. The molecule has 13 aromatic rings. The number of hydrogen-bond acceptors (Lipinski definition) is 2. The molecule has 4 heterocycles. The first-order valence-corrected chi connectivity index (χ1v) is 20.7. The molecule has 0 saturated heterocycles. The Labute approximate surface area is 405 Å². The van der Waals surface area contributed by atoms with Crippen LogP contribution in [0.3, 0.4) is 0 Å². The molecular weight excluding hydrogens is 777 g/mol. The summed E-state index contributed by atoms with van der Waals surface area (Å²) in [5.74, 6) is -0.00941. The van der Waals surface area contributed by atoms with Gasteiger partial charge in [0.25, 0.3) is 0 Å². The summed E-state index contributed by atoms with van der Waals surface area (Å²) in [6.07, 6.45) is 0. The smallest absolute Gasteiger partial charge is 0.0653 e. The lowest BCUT2D eigenvalue weighted by molar-refractivity contribution is 0.866. The van der Waals surface area contributed by atoms with Crippen LogP contribution in [0.15, 0.2) is 194 Å². The summed E-state index contributed by atoms with van der Waals surface area (Å²) in [5, 5.41) is -1.97. The van der Waals surface area contributed by atoms with Gasteiger partial charge in [0.05, 0.1) is 77.4 Å². The molecule has 4 heteroatoms. The Morgan fingerprint density at radius 2 is 0.734 bits per heavy atom. The molecule has 4 aromatic heterocycles. The molecule has 0 fully saturated rings. The van der Waals surface area contributed by atoms with Gasteiger partial charge >= 0.3 is 0 Å². The van der Waals surface area contributed by atoms with E-state index in [2.05, 4.69) is 0 Å². The summed E-state index contributed by atoms with van der Waals surface area (Å²) in [4.78, 5) is 2.34. The highest BCUT2D eigenvalue weighted by atomic mass is 15.2. The Morgan fingerprint density at radius 1 is 0.359 bits per heavy atom. The van der Waals surface area contributed by atoms with Gasteiger partial charge in [0.1, 0.15) is 0 Å². The molecule has 306 valence electrons. The van der Waals surface area contributed by atoms with Crippen LogP contribution in [0, 0.1) is 0 Å². The Bertz CT molecular complexity index is 4940. The minimum absolute atomic E-state index is 0.00471. The highest BCUT2D eigenvalue weighted by Gasteiger charge is 2.27. The molecule has 9 aromatic carbocycles. The quantitative estimate of drug-likeness (QED) is 0.151. The predicted octanol–water partition coefficient (Wildman–Crippen LogP) is 17.2. The second kappa shape index (κ2) is 13.8. The second-order valence-corrected chi connectivity index (χ2v) is 16.3.